The van der Waals surface area contributed by atoms with Gasteiger partial charge >= 0.3 is 13.6 Å². The van der Waals surface area contributed by atoms with Crippen molar-refractivity contribution < 1.29 is 18.4 Å². The van der Waals surface area contributed by atoms with Crippen molar-refractivity contribution in [3.8, 4) is 0 Å². The summed E-state index contributed by atoms with van der Waals surface area (Å²) in [5, 5.41) is 2.76. The molecule has 0 aromatic heterocycles. The number of carbonyl (C=O) groups excluding carboxylic acids is 1. The Labute approximate surface area is 118 Å². The number of rotatable bonds is 6. The van der Waals surface area contributed by atoms with E-state index < -0.39 is 7.60 Å². The highest BCUT2D eigenvalue weighted by Gasteiger charge is 2.22. The predicted molar refractivity (Wildman–Crippen MR) is 77.4 cm³/mol. The molecular weight excluding hydrogens is 279 g/mol. The van der Waals surface area contributed by atoms with Crippen LogP contribution < -0.4 is 10.2 Å². The number of hydrogen-bond donors (Lipinski definition) is 1. The molecule has 110 valence electrons. The molecule has 0 aliphatic carbocycles. The standard InChI is InChI=1S/C13H19N2O4P/c1-18-20(17,19-2)10-7-11-3-5-12(6-4-11)15-9-8-14-13(15)16/h3-6H,7-10H2,1-2H3,(H,14,16). The van der Waals surface area contributed by atoms with Crippen LogP contribution in [0, 0.1) is 0 Å². The maximum atomic E-state index is 11.9. The lowest BCUT2D eigenvalue weighted by molar-refractivity contribution is 0.252. The van der Waals surface area contributed by atoms with Gasteiger partial charge in [-0.15, -0.1) is 0 Å². The van der Waals surface area contributed by atoms with Crippen LogP contribution in [-0.2, 0) is 20.0 Å². The maximum Gasteiger partial charge on any atom is 0.330 e. The topological polar surface area (TPSA) is 67.9 Å². The highest BCUT2D eigenvalue weighted by Crippen LogP contribution is 2.46. The van der Waals surface area contributed by atoms with Crippen molar-refractivity contribution >= 4 is 19.3 Å². The molecule has 0 bridgehead atoms. The van der Waals surface area contributed by atoms with Crippen LogP contribution in [0.15, 0.2) is 24.3 Å². The van der Waals surface area contributed by atoms with Gasteiger partial charge in [-0.05, 0) is 24.1 Å². The first kappa shape index (κ1) is 15.0. The minimum absolute atomic E-state index is 0.0685. The minimum atomic E-state index is -2.96. The quantitative estimate of drug-likeness (QED) is 0.818. The SMILES string of the molecule is COP(=O)(CCc1ccc(N2CCNC2=O)cc1)OC. The Kier molecular flexibility index (Phi) is 4.81. The molecule has 1 N–H and O–H groups in total. The van der Waals surface area contributed by atoms with Gasteiger partial charge in [-0.1, -0.05) is 12.1 Å². The number of hydrogen-bond acceptors (Lipinski definition) is 4. The van der Waals surface area contributed by atoms with Crippen LogP contribution in [0.25, 0.3) is 0 Å². The van der Waals surface area contributed by atoms with E-state index in [0.717, 1.165) is 11.3 Å². The zero-order chi connectivity index (χ0) is 14.6. The Morgan fingerprint density at radius 2 is 1.90 bits per heavy atom. The first-order valence-electron chi connectivity index (χ1n) is 6.43. The van der Waals surface area contributed by atoms with Gasteiger partial charge in [0.15, 0.2) is 0 Å². The first-order chi connectivity index (χ1) is 9.58. The number of nitrogens with one attached hydrogen (secondary N) is 1. The molecule has 0 spiro atoms. The summed E-state index contributed by atoms with van der Waals surface area (Å²) in [6.07, 6.45) is 0.939. The van der Waals surface area contributed by atoms with Gasteiger partial charge in [0, 0.05) is 33.0 Å². The highest BCUT2D eigenvalue weighted by molar-refractivity contribution is 7.53. The summed E-state index contributed by atoms with van der Waals surface area (Å²) >= 11 is 0. The van der Waals surface area contributed by atoms with Crippen LogP contribution in [0.1, 0.15) is 5.56 Å². The second-order valence-corrected chi connectivity index (χ2v) is 6.90. The number of benzene rings is 1. The van der Waals surface area contributed by atoms with Gasteiger partial charge in [0.25, 0.3) is 0 Å². The molecular formula is C13H19N2O4P. The number of amides is 2. The van der Waals surface area contributed by atoms with Crippen LogP contribution in [0.3, 0.4) is 0 Å². The summed E-state index contributed by atoms with van der Waals surface area (Å²) in [5.41, 5.74) is 1.90. The zero-order valence-corrected chi connectivity index (χ0v) is 12.6. The molecule has 0 radical (unpaired) electrons. The van der Waals surface area contributed by atoms with Gasteiger partial charge in [-0.2, -0.15) is 0 Å². The lowest BCUT2D eigenvalue weighted by Gasteiger charge is -2.15. The molecule has 7 heteroatoms. The maximum absolute atomic E-state index is 11.9. The van der Waals surface area contributed by atoms with Crippen LogP contribution in [0.5, 0.6) is 0 Å². The fourth-order valence-electron chi connectivity index (χ4n) is 2.08. The van der Waals surface area contributed by atoms with E-state index in [2.05, 4.69) is 5.32 Å². The van der Waals surface area contributed by atoms with Crippen molar-refractivity contribution in [2.45, 2.75) is 6.42 Å². The normalized spacial score (nSPS) is 15.5. The van der Waals surface area contributed by atoms with E-state index >= 15 is 0 Å². The molecule has 1 aromatic rings. The summed E-state index contributed by atoms with van der Waals surface area (Å²) in [7, 11) is -0.187. The average Bonchev–Trinajstić information content (AvgIpc) is 2.91. The van der Waals surface area contributed by atoms with Gasteiger partial charge < -0.3 is 14.4 Å². The van der Waals surface area contributed by atoms with Gasteiger partial charge in [0.05, 0.1) is 6.16 Å². The Bertz CT molecular complexity index is 510. The third-order valence-corrected chi connectivity index (χ3v) is 5.22. The molecule has 0 unspecified atom stereocenters. The number of urea groups is 1. The third kappa shape index (κ3) is 3.39. The largest absolute Gasteiger partial charge is 0.336 e. The van der Waals surface area contributed by atoms with E-state index in [4.69, 9.17) is 9.05 Å². The van der Waals surface area contributed by atoms with Gasteiger partial charge in [0.1, 0.15) is 0 Å². The summed E-state index contributed by atoms with van der Waals surface area (Å²) in [6, 6.07) is 7.57. The fraction of sp³-hybridized carbons (Fsp3) is 0.462. The van der Waals surface area contributed by atoms with Crippen LogP contribution in [-0.4, -0.2) is 39.5 Å². The summed E-state index contributed by atoms with van der Waals surface area (Å²) in [6.45, 7) is 1.35. The number of anilines is 1. The van der Waals surface area contributed by atoms with Crippen LogP contribution in [0.2, 0.25) is 0 Å². The summed E-state index contributed by atoms with van der Waals surface area (Å²) < 4.78 is 21.7. The third-order valence-electron chi connectivity index (χ3n) is 3.34. The minimum Gasteiger partial charge on any atom is -0.336 e. The Hall–Kier alpha value is -1.36. The molecule has 1 saturated heterocycles. The molecule has 6 nitrogen and oxygen atoms in total. The number of nitrogens with zero attached hydrogens (tertiary/aromatic N) is 1. The summed E-state index contributed by atoms with van der Waals surface area (Å²) in [5.74, 6) is 0. The molecule has 2 amide bonds. The molecule has 1 aliphatic rings. The van der Waals surface area contributed by atoms with Gasteiger partial charge in [0.2, 0.25) is 0 Å². The lowest BCUT2D eigenvalue weighted by Crippen LogP contribution is -2.27. The van der Waals surface area contributed by atoms with Crippen molar-refractivity contribution in [2.24, 2.45) is 0 Å². The van der Waals surface area contributed by atoms with E-state index in [0.29, 0.717) is 25.7 Å². The van der Waals surface area contributed by atoms with Crippen LogP contribution >= 0.6 is 7.60 Å². The van der Waals surface area contributed by atoms with E-state index in [1.54, 1.807) is 4.90 Å². The molecule has 0 saturated carbocycles. The van der Waals surface area contributed by atoms with Crippen LogP contribution in [0.4, 0.5) is 10.5 Å². The average molecular weight is 298 g/mol. The smallest absolute Gasteiger partial charge is 0.330 e. The molecule has 2 rings (SSSR count). The predicted octanol–water partition coefficient (Wildman–Crippen LogP) is 2.24. The Morgan fingerprint density at radius 1 is 1.25 bits per heavy atom. The lowest BCUT2D eigenvalue weighted by atomic mass is 10.1. The van der Waals surface area contributed by atoms with E-state index in [-0.39, 0.29) is 6.03 Å². The Morgan fingerprint density at radius 3 is 2.40 bits per heavy atom. The van der Waals surface area contributed by atoms with E-state index in [1.807, 2.05) is 24.3 Å². The van der Waals surface area contributed by atoms with Crippen molar-refractivity contribution in [1.82, 2.24) is 5.32 Å². The van der Waals surface area contributed by atoms with Crippen molar-refractivity contribution in [2.75, 3.05) is 38.4 Å². The molecule has 1 aromatic carbocycles. The van der Waals surface area contributed by atoms with E-state index in [1.165, 1.54) is 14.2 Å². The molecule has 1 aliphatic heterocycles. The zero-order valence-electron chi connectivity index (χ0n) is 11.7. The monoisotopic (exact) mass is 298 g/mol. The second kappa shape index (κ2) is 6.39. The number of carbonyl (C=O) groups is 1. The highest BCUT2D eigenvalue weighted by atomic mass is 31.2. The molecule has 1 heterocycles. The molecule has 1 fully saturated rings. The Balaban J connectivity index is 1.98. The van der Waals surface area contributed by atoms with Crippen molar-refractivity contribution in [1.29, 1.82) is 0 Å². The second-order valence-electron chi connectivity index (χ2n) is 4.50. The molecule has 0 atom stereocenters. The van der Waals surface area contributed by atoms with Crippen molar-refractivity contribution in [3.63, 3.8) is 0 Å². The number of aryl methyl sites for hydroxylation is 1. The van der Waals surface area contributed by atoms with E-state index in [9.17, 15) is 9.36 Å². The summed E-state index contributed by atoms with van der Waals surface area (Å²) in [4.78, 5) is 13.2. The van der Waals surface area contributed by atoms with Gasteiger partial charge in [-0.25, -0.2) is 4.79 Å². The van der Waals surface area contributed by atoms with Gasteiger partial charge in [-0.3, -0.25) is 9.46 Å². The van der Waals surface area contributed by atoms with Crippen molar-refractivity contribution in [3.05, 3.63) is 29.8 Å². The molecule has 20 heavy (non-hydrogen) atoms. The first-order valence-corrected chi connectivity index (χ1v) is 8.15. The fourth-order valence-corrected chi connectivity index (χ4v) is 3.13.